The normalized spacial score (nSPS) is 10.2. The van der Waals surface area contributed by atoms with Crippen molar-refractivity contribution in [2.75, 3.05) is 7.11 Å². The SMILES string of the molecule is COc1ccc(F)cc1-n1nccc(C(=O)O)c1=O. The summed E-state index contributed by atoms with van der Waals surface area (Å²) in [6.45, 7) is 0. The number of nitrogens with zero attached hydrogens (tertiary/aromatic N) is 2. The van der Waals surface area contributed by atoms with Crippen molar-refractivity contribution in [3.63, 3.8) is 0 Å². The molecule has 0 saturated heterocycles. The van der Waals surface area contributed by atoms with Crippen LogP contribution < -0.4 is 10.3 Å². The average Bonchev–Trinajstić information content (AvgIpc) is 2.38. The second-order valence-corrected chi connectivity index (χ2v) is 3.58. The summed E-state index contributed by atoms with van der Waals surface area (Å²) in [6.07, 6.45) is 1.15. The highest BCUT2D eigenvalue weighted by Gasteiger charge is 2.15. The predicted octanol–water partition coefficient (Wildman–Crippen LogP) is 1.08. The van der Waals surface area contributed by atoms with Gasteiger partial charge in [-0.2, -0.15) is 9.78 Å². The lowest BCUT2D eigenvalue weighted by molar-refractivity contribution is 0.0694. The highest BCUT2D eigenvalue weighted by Crippen LogP contribution is 2.21. The number of carboxylic acid groups (broad SMARTS) is 1. The summed E-state index contributed by atoms with van der Waals surface area (Å²) >= 11 is 0. The Hall–Kier alpha value is -2.70. The Kier molecular flexibility index (Phi) is 3.28. The van der Waals surface area contributed by atoms with E-state index < -0.39 is 22.9 Å². The number of ether oxygens (including phenoxy) is 1. The third kappa shape index (κ3) is 2.30. The quantitative estimate of drug-likeness (QED) is 0.897. The minimum absolute atomic E-state index is 0.0376. The molecule has 0 aliphatic carbocycles. The van der Waals surface area contributed by atoms with Crippen LogP contribution in [0.4, 0.5) is 4.39 Å². The number of aromatic carboxylic acids is 1. The Balaban J connectivity index is 2.72. The molecule has 1 heterocycles. The van der Waals surface area contributed by atoms with Crippen molar-refractivity contribution < 1.29 is 19.0 Å². The minimum atomic E-state index is -1.38. The Bertz CT molecular complexity index is 696. The number of aromatic nitrogens is 2. The van der Waals surface area contributed by atoms with Gasteiger partial charge in [0.05, 0.1) is 7.11 Å². The first-order valence-electron chi connectivity index (χ1n) is 5.20. The van der Waals surface area contributed by atoms with E-state index in [2.05, 4.69) is 5.10 Å². The molecule has 2 rings (SSSR count). The number of methoxy groups -OCH3 is 1. The number of benzene rings is 1. The fourth-order valence-corrected chi connectivity index (χ4v) is 1.58. The van der Waals surface area contributed by atoms with Crippen LogP contribution in [0, 0.1) is 5.82 Å². The van der Waals surface area contributed by atoms with Gasteiger partial charge in [0.2, 0.25) is 0 Å². The molecule has 0 radical (unpaired) electrons. The van der Waals surface area contributed by atoms with Crippen LogP contribution in [0.1, 0.15) is 10.4 Å². The molecular formula is C12H9FN2O4. The third-order valence-corrected chi connectivity index (χ3v) is 2.45. The maximum absolute atomic E-state index is 13.2. The van der Waals surface area contributed by atoms with E-state index >= 15 is 0 Å². The first kappa shape index (κ1) is 12.7. The largest absolute Gasteiger partial charge is 0.494 e. The van der Waals surface area contributed by atoms with E-state index in [0.29, 0.717) is 0 Å². The van der Waals surface area contributed by atoms with Crippen LogP contribution in [0.3, 0.4) is 0 Å². The molecule has 6 nitrogen and oxygen atoms in total. The lowest BCUT2D eigenvalue weighted by Crippen LogP contribution is -2.27. The summed E-state index contributed by atoms with van der Waals surface area (Å²) < 4.78 is 19.0. The zero-order chi connectivity index (χ0) is 14.0. The second-order valence-electron chi connectivity index (χ2n) is 3.58. The average molecular weight is 264 g/mol. The van der Waals surface area contributed by atoms with Crippen molar-refractivity contribution in [3.8, 4) is 11.4 Å². The van der Waals surface area contributed by atoms with Crippen LogP contribution >= 0.6 is 0 Å². The molecule has 19 heavy (non-hydrogen) atoms. The fourth-order valence-electron chi connectivity index (χ4n) is 1.58. The predicted molar refractivity (Wildman–Crippen MR) is 63.3 cm³/mol. The molecule has 0 amide bonds. The molecule has 0 aliphatic heterocycles. The van der Waals surface area contributed by atoms with E-state index in [1.54, 1.807) is 0 Å². The summed E-state index contributed by atoms with van der Waals surface area (Å²) in [4.78, 5) is 22.8. The molecule has 1 aromatic carbocycles. The van der Waals surface area contributed by atoms with Crippen LogP contribution in [-0.2, 0) is 0 Å². The molecule has 0 atom stereocenters. The summed E-state index contributed by atoms with van der Waals surface area (Å²) in [7, 11) is 1.35. The fraction of sp³-hybridized carbons (Fsp3) is 0.0833. The van der Waals surface area contributed by atoms with Crippen LogP contribution in [0.25, 0.3) is 5.69 Å². The van der Waals surface area contributed by atoms with Crippen LogP contribution in [0.2, 0.25) is 0 Å². The minimum Gasteiger partial charge on any atom is -0.494 e. The van der Waals surface area contributed by atoms with Gasteiger partial charge in [0.25, 0.3) is 5.56 Å². The van der Waals surface area contributed by atoms with Crippen molar-refractivity contribution in [3.05, 3.63) is 52.2 Å². The van der Waals surface area contributed by atoms with Crippen molar-refractivity contribution in [2.45, 2.75) is 0 Å². The van der Waals surface area contributed by atoms with E-state index in [4.69, 9.17) is 9.84 Å². The van der Waals surface area contributed by atoms with E-state index in [-0.39, 0.29) is 11.4 Å². The van der Waals surface area contributed by atoms with Gasteiger partial charge in [-0.25, -0.2) is 9.18 Å². The van der Waals surface area contributed by atoms with Gasteiger partial charge in [-0.3, -0.25) is 4.79 Å². The zero-order valence-corrected chi connectivity index (χ0v) is 9.83. The summed E-state index contributed by atoms with van der Waals surface area (Å²) in [5, 5.41) is 12.6. The van der Waals surface area contributed by atoms with Crippen LogP contribution in [0.15, 0.2) is 35.3 Å². The van der Waals surface area contributed by atoms with E-state index in [9.17, 15) is 14.0 Å². The number of hydrogen-bond acceptors (Lipinski definition) is 4. The molecule has 1 aromatic heterocycles. The zero-order valence-electron chi connectivity index (χ0n) is 9.83. The lowest BCUT2D eigenvalue weighted by atomic mass is 10.2. The molecule has 0 spiro atoms. The highest BCUT2D eigenvalue weighted by molar-refractivity contribution is 5.87. The lowest BCUT2D eigenvalue weighted by Gasteiger charge is -2.09. The van der Waals surface area contributed by atoms with Crippen LogP contribution in [-0.4, -0.2) is 28.0 Å². The Morgan fingerprint density at radius 2 is 2.16 bits per heavy atom. The summed E-state index contributed by atoms with van der Waals surface area (Å²) in [5.41, 5.74) is -1.28. The van der Waals surface area contributed by atoms with Gasteiger partial charge in [-0.05, 0) is 18.2 Å². The van der Waals surface area contributed by atoms with Gasteiger partial charge >= 0.3 is 5.97 Å². The molecule has 0 saturated carbocycles. The second kappa shape index (κ2) is 4.89. The molecule has 1 N–H and O–H groups in total. The van der Waals surface area contributed by atoms with Crippen molar-refractivity contribution in [2.24, 2.45) is 0 Å². The number of halogens is 1. The first-order chi connectivity index (χ1) is 9.04. The van der Waals surface area contributed by atoms with Crippen molar-refractivity contribution in [1.82, 2.24) is 9.78 Å². The van der Waals surface area contributed by atoms with Gasteiger partial charge in [-0.1, -0.05) is 0 Å². The van der Waals surface area contributed by atoms with Gasteiger partial charge in [0.15, 0.2) is 0 Å². The van der Waals surface area contributed by atoms with Crippen LogP contribution in [0.5, 0.6) is 5.75 Å². The van der Waals surface area contributed by atoms with Crippen molar-refractivity contribution in [1.29, 1.82) is 0 Å². The molecule has 0 bridgehead atoms. The van der Waals surface area contributed by atoms with Gasteiger partial charge in [0.1, 0.15) is 22.8 Å². The van der Waals surface area contributed by atoms with Gasteiger partial charge < -0.3 is 9.84 Å². The Labute approximate surface area is 106 Å². The van der Waals surface area contributed by atoms with E-state index in [0.717, 1.165) is 29.1 Å². The molecular weight excluding hydrogens is 255 g/mol. The number of hydrogen-bond donors (Lipinski definition) is 1. The maximum Gasteiger partial charge on any atom is 0.341 e. The molecule has 7 heteroatoms. The molecule has 0 unspecified atom stereocenters. The van der Waals surface area contributed by atoms with Gasteiger partial charge in [0, 0.05) is 12.3 Å². The Morgan fingerprint density at radius 3 is 2.79 bits per heavy atom. The number of carboxylic acids is 1. The summed E-state index contributed by atoms with van der Waals surface area (Å²) in [5.74, 6) is -1.76. The Morgan fingerprint density at radius 1 is 1.42 bits per heavy atom. The maximum atomic E-state index is 13.2. The first-order valence-corrected chi connectivity index (χ1v) is 5.20. The number of carbonyl (C=O) groups is 1. The van der Waals surface area contributed by atoms with Gasteiger partial charge in [-0.15, -0.1) is 0 Å². The highest BCUT2D eigenvalue weighted by atomic mass is 19.1. The molecule has 98 valence electrons. The smallest absolute Gasteiger partial charge is 0.341 e. The number of rotatable bonds is 3. The standard InChI is InChI=1S/C12H9FN2O4/c1-19-10-3-2-7(13)6-9(10)15-11(16)8(12(17)18)4-5-14-15/h2-6H,1H3,(H,17,18). The van der Waals surface area contributed by atoms with Crippen molar-refractivity contribution >= 4 is 5.97 Å². The van der Waals surface area contributed by atoms with E-state index in [1.807, 2.05) is 0 Å². The monoisotopic (exact) mass is 264 g/mol. The molecule has 2 aromatic rings. The molecule has 0 fully saturated rings. The van der Waals surface area contributed by atoms with E-state index in [1.165, 1.54) is 13.2 Å². The summed E-state index contributed by atoms with van der Waals surface area (Å²) in [6, 6.07) is 4.60. The molecule has 0 aliphatic rings. The topological polar surface area (TPSA) is 81.4 Å². The third-order valence-electron chi connectivity index (χ3n) is 2.45.